The number of hydrogen-bond donors (Lipinski definition) is 2. The van der Waals surface area contributed by atoms with Crippen molar-refractivity contribution in [1.29, 1.82) is 0 Å². The zero-order valence-electron chi connectivity index (χ0n) is 16.9. The molecule has 0 saturated carbocycles. The molecular formula is C23H26ClFN4O. The summed E-state index contributed by atoms with van der Waals surface area (Å²) in [6.07, 6.45) is 3.84. The van der Waals surface area contributed by atoms with Gasteiger partial charge < -0.3 is 10.6 Å². The van der Waals surface area contributed by atoms with Crippen molar-refractivity contribution >= 4 is 18.3 Å². The molecule has 1 atom stereocenters. The van der Waals surface area contributed by atoms with Crippen molar-refractivity contribution < 1.29 is 9.18 Å². The van der Waals surface area contributed by atoms with Gasteiger partial charge >= 0.3 is 0 Å². The summed E-state index contributed by atoms with van der Waals surface area (Å²) >= 11 is 0. The molecule has 0 aliphatic carbocycles. The van der Waals surface area contributed by atoms with Crippen molar-refractivity contribution in [3.05, 3.63) is 71.7 Å². The molecule has 1 aliphatic rings. The first-order valence-electron chi connectivity index (χ1n) is 10.0. The molecule has 3 aromatic rings. The van der Waals surface area contributed by atoms with Gasteiger partial charge in [0, 0.05) is 18.3 Å². The molecule has 1 aromatic heterocycles. The van der Waals surface area contributed by atoms with E-state index in [-0.39, 0.29) is 24.1 Å². The van der Waals surface area contributed by atoms with E-state index >= 15 is 0 Å². The molecule has 7 heteroatoms. The smallest absolute Gasteiger partial charge is 0.255 e. The third kappa shape index (κ3) is 5.07. The average Bonchev–Trinajstić information content (AvgIpc) is 3.39. The molecule has 2 N–H and O–H groups in total. The second kappa shape index (κ2) is 9.87. The van der Waals surface area contributed by atoms with E-state index < -0.39 is 0 Å². The highest BCUT2D eigenvalue weighted by atomic mass is 35.5. The maximum absolute atomic E-state index is 13.3. The van der Waals surface area contributed by atoms with E-state index in [0.717, 1.165) is 37.1 Å². The fourth-order valence-electron chi connectivity index (χ4n) is 3.64. The average molecular weight is 429 g/mol. The van der Waals surface area contributed by atoms with Gasteiger partial charge in [0.15, 0.2) is 0 Å². The zero-order valence-corrected chi connectivity index (χ0v) is 17.7. The number of aryl methyl sites for hydroxylation is 1. The second-order valence-electron chi connectivity index (χ2n) is 7.58. The first kappa shape index (κ1) is 22.0. The number of nitrogens with one attached hydrogen (secondary N) is 2. The van der Waals surface area contributed by atoms with Crippen LogP contribution in [0.3, 0.4) is 0 Å². The molecule has 0 radical (unpaired) electrons. The molecule has 2 heterocycles. The Morgan fingerprint density at radius 1 is 1.20 bits per heavy atom. The van der Waals surface area contributed by atoms with Gasteiger partial charge in [-0.2, -0.15) is 5.10 Å². The highest BCUT2D eigenvalue weighted by Gasteiger charge is 2.20. The predicted molar refractivity (Wildman–Crippen MR) is 119 cm³/mol. The zero-order chi connectivity index (χ0) is 20.2. The molecule has 1 saturated heterocycles. The monoisotopic (exact) mass is 428 g/mol. The summed E-state index contributed by atoms with van der Waals surface area (Å²) in [6, 6.07) is 14.0. The van der Waals surface area contributed by atoms with E-state index in [2.05, 4.69) is 15.7 Å². The molecule has 1 fully saturated rings. The minimum Gasteiger partial charge on any atom is -0.352 e. The summed E-state index contributed by atoms with van der Waals surface area (Å²) in [5.74, 6) is 0.174. The van der Waals surface area contributed by atoms with Gasteiger partial charge in [0.2, 0.25) is 0 Å². The summed E-state index contributed by atoms with van der Waals surface area (Å²) in [5.41, 5.74) is 3.86. The van der Waals surface area contributed by atoms with Crippen LogP contribution in [0.25, 0.3) is 16.9 Å². The van der Waals surface area contributed by atoms with Crippen molar-refractivity contribution in [3.63, 3.8) is 0 Å². The highest BCUT2D eigenvalue weighted by molar-refractivity contribution is 5.99. The molecule has 1 aliphatic heterocycles. The third-order valence-corrected chi connectivity index (χ3v) is 5.38. The largest absolute Gasteiger partial charge is 0.352 e. The Labute approximate surface area is 182 Å². The van der Waals surface area contributed by atoms with Crippen LogP contribution in [0.5, 0.6) is 0 Å². The molecule has 158 valence electrons. The van der Waals surface area contributed by atoms with Crippen molar-refractivity contribution in [2.75, 3.05) is 19.6 Å². The third-order valence-electron chi connectivity index (χ3n) is 5.38. The van der Waals surface area contributed by atoms with Crippen molar-refractivity contribution in [2.24, 2.45) is 5.92 Å². The maximum Gasteiger partial charge on any atom is 0.255 e. The lowest BCUT2D eigenvalue weighted by molar-refractivity contribution is 0.0952. The second-order valence-corrected chi connectivity index (χ2v) is 7.58. The van der Waals surface area contributed by atoms with E-state index in [1.807, 2.05) is 31.2 Å². The number of hydrogen-bond acceptors (Lipinski definition) is 3. The molecule has 0 spiro atoms. The lowest BCUT2D eigenvalue weighted by Gasteiger charge is -2.09. The molecular weight excluding hydrogens is 403 g/mol. The predicted octanol–water partition coefficient (Wildman–Crippen LogP) is 4.14. The van der Waals surface area contributed by atoms with Crippen molar-refractivity contribution in [3.8, 4) is 16.9 Å². The van der Waals surface area contributed by atoms with Crippen LogP contribution in [0.15, 0.2) is 54.7 Å². The number of amides is 1. The molecule has 0 bridgehead atoms. The summed E-state index contributed by atoms with van der Waals surface area (Å²) in [7, 11) is 0. The van der Waals surface area contributed by atoms with Crippen LogP contribution >= 0.6 is 12.4 Å². The molecule has 2 aromatic carbocycles. The first-order chi connectivity index (χ1) is 14.1. The van der Waals surface area contributed by atoms with Crippen LogP contribution < -0.4 is 10.6 Å². The Morgan fingerprint density at radius 2 is 1.93 bits per heavy atom. The van der Waals surface area contributed by atoms with Crippen LogP contribution in [0, 0.1) is 18.7 Å². The van der Waals surface area contributed by atoms with Crippen molar-refractivity contribution in [1.82, 2.24) is 20.4 Å². The van der Waals surface area contributed by atoms with Gasteiger partial charge in [-0.1, -0.05) is 29.8 Å². The fraction of sp³-hybridized carbons (Fsp3) is 0.304. The first-order valence-corrected chi connectivity index (χ1v) is 10.0. The minimum absolute atomic E-state index is 0. The topological polar surface area (TPSA) is 59.0 Å². The number of benzene rings is 2. The highest BCUT2D eigenvalue weighted by Crippen LogP contribution is 2.24. The SMILES string of the molecule is Cc1ccc(-c2nn(-c3ccc(F)cc3)cc2C(=O)NCCC2CCNC2)cc1.Cl. The van der Waals surface area contributed by atoms with Crippen LogP contribution in [0.1, 0.15) is 28.8 Å². The minimum atomic E-state index is -0.306. The molecule has 30 heavy (non-hydrogen) atoms. The molecule has 5 nitrogen and oxygen atoms in total. The lowest BCUT2D eigenvalue weighted by Crippen LogP contribution is -2.26. The van der Waals surface area contributed by atoms with Gasteiger partial charge in [-0.15, -0.1) is 12.4 Å². The van der Waals surface area contributed by atoms with Gasteiger partial charge in [-0.05, 0) is 63.0 Å². The maximum atomic E-state index is 13.3. The number of halogens is 2. The van der Waals surface area contributed by atoms with Gasteiger partial charge in [-0.25, -0.2) is 9.07 Å². The summed E-state index contributed by atoms with van der Waals surface area (Å²) in [6.45, 7) is 4.74. The number of aromatic nitrogens is 2. The standard InChI is InChI=1S/C23H25FN4O.ClH/c1-16-2-4-18(5-3-16)22-21(23(29)26-13-11-17-10-12-25-14-17)15-28(27-22)20-8-6-19(24)7-9-20;/h2-9,15,17,25H,10-14H2,1H3,(H,26,29);1H. The molecule has 1 amide bonds. The molecule has 1 unspecified atom stereocenters. The Hall–Kier alpha value is -2.70. The van der Waals surface area contributed by atoms with Gasteiger partial charge in [-0.3, -0.25) is 4.79 Å². The van der Waals surface area contributed by atoms with E-state index in [1.54, 1.807) is 23.0 Å². The number of carbonyl (C=O) groups excluding carboxylic acids is 1. The van der Waals surface area contributed by atoms with Gasteiger partial charge in [0.1, 0.15) is 11.5 Å². The Morgan fingerprint density at radius 3 is 2.60 bits per heavy atom. The van der Waals surface area contributed by atoms with Crippen molar-refractivity contribution in [2.45, 2.75) is 19.8 Å². The molecule has 4 rings (SSSR count). The van der Waals surface area contributed by atoms with E-state index in [9.17, 15) is 9.18 Å². The lowest BCUT2D eigenvalue weighted by atomic mass is 10.0. The number of rotatable bonds is 6. The summed E-state index contributed by atoms with van der Waals surface area (Å²) in [5, 5.41) is 11.0. The van der Waals surface area contributed by atoms with Crippen LogP contribution in [-0.2, 0) is 0 Å². The van der Waals surface area contributed by atoms with E-state index in [4.69, 9.17) is 0 Å². The van der Waals surface area contributed by atoms with E-state index in [0.29, 0.717) is 29.4 Å². The fourth-order valence-corrected chi connectivity index (χ4v) is 3.64. The van der Waals surface area contributed by atoms with Crippen LogP contribution in [0.4, 0.5) is 4.39 Å². The normalized spacial score (nSPS) is 15.6. The van der Waals surface area contributed by atoms with Crippen LogP contribution in [0.2, 0.25) is 0 Å². The Kier molecular flexibility index (Phi) is 7.24. The van der Waals surface area contributed by atoms with Crippen LogP contribution in [-0.4, -0.2) is 35.3 Å². The summed E-state index contributed by atoms with van der Waals surface area (Å²) in [4.78, 5) is 12.9. The van der Waals surface area contributed by atoms with Gasteiger partial charge in [0.25, 0.3) is 5.91 Å². The Balaban J connectivity index is 0.00000256. The number of nitrogens with zero attached hydrogens (tertiary/aromatic N) is 2. The quantitative estimate of drug-likeness (QED) is 0.620. The van der Waals surface area contributed by atoms with E-state index in [1.165, 1.54) is 12.1 Å². The summed E-state index contributed by atoms with van der Waals surface area (Å²) < 4.78 is 14.9. The number of carbonyl (C=O) groups is 1. The Bertz CT molecular complexity index is 979. The van der Waals surface area contributed by atoms with Gasteiger partial charge in [0.05, 0.1) is 11.3 Å².